The van der Waals surface area contributed by atoms with E-state index in [0.29, 0.717) is 15.1 Å². The van der Waals surface area contributed by atoms with Crippen molar-refractivity contribution in [1.29, 1.82) is 0 Å². The minimum absolute atomic E-state index is 0.0867. The van der Waals surface area contributed by atoms with Crippen LogP contribution < -0.4 is 5.32 Å². The standard InChI is InChI=1S/C19H18ClFN4O2S2/c1-19(2)16(25(27)17(26)23-12-7-4-3-5-8-12)24(18(28)29-19)22-11-13-14(20)9-6-10-15(13)21/h3-11,16,27H,1-2H3,(H,23,26)/b22-11-/t16-/m1/s1. The van der Waals surface area contributed by atoms with E-state index >= 15 is 0 Å². The van der Waals surface area contributed by atoms with E-state index < -0.39 is 22.8 Å². The van der Waals surface area contributed by atoms with Crippen molar-refractivity contribution in [2.45, 2.75) is 24.8 Å². The average molecular weight is 453 g/mol. The van der Waals surface area contributed by atoms with Crippen molar-refractivity contribution in [3.63, 3.8) is 0 Å². The Kier molecular flexibility index (Phi) is 6.42. The van der Waals surface area contributed by atoms with Crippen molar-refractivity contribution in [3.8, 4) is 0 Å². The van der Waals surface area contributed by atoms with Gasteiger partial charge >= 0.3 is 6.03 Å². The number of thioether (sulfide) groups is 1. The van der Waals surface area contributed by atoms with Gasteiger partial charge in [0.2, 0.25) is 0 Å². The Balaban J connectivity index is 1.86. The first-order valence-corrected chi connectivity index (χ1v) is 10.2. The molecule has 6 nitrogen and oxygen atoms in total. The predicted octanol–water partition coefficient (Wildman–Crippen LogP) is 5.17. The fraction of sp³-hybridized carbons (Fsp3) is 0.211. The van der Waals surface area contributed by atoms with Crippen LogP contribution in [-0.2, 0) is 0 Å². The Labute approximate surface area is 182 Å². The third-order valence-electron chi connectivity index (χ3n) is 4.17. The molecule has 2 amide bonds. The van der Waals surface area contributed by atoms with Crippen molar-refractivity contribution in [3.05, 3.63) is 64.9 Å². The summed E-state index contributed by atoms with van der Waals surface area (Å²) < 4.78 is 13.7. The monoisotopic (exact) mass is 452 g/mol. The molecule has 0 bridgehead atoms. The second-order valence-corrected chi connectivity index (χ2v) is 9.41. The van der Waals surface area contributed by atoms with Gasteiger partial charge in [0.1, 0.15) is 5.82 Å². The number of carbonyl (C=O) groups excluding carboxylic acids is 1. The summed E-state index contributed by atoms with van der Waals surface area (Å²) in [7, 11) is 0. The lowest BCUT2D eigenvalue weighted by molar-refractivity contribution is -0.114. The van der Waals surface area contributed by atoms with Gasteiger partial charge in [0.05, 0.1) is 16.0 Å². The predicted molar refractivity (Wildman–Crippen MR) is 118 cm³/mol. The van der Waals surface area contributed by atoms with Crippen LogP contribution >= 0.6 is 35.6 Å². The number of hydrogen-bond acceptors (Lipinski definition) is 5. The number of rotatable bonds is 4. The Bertz CT molecular complexity index is 938. The van der Waals surface area contributed by atoms with E-state index in [1.165, 1.54) is 41.2 Å². The topological polar surface area (TPSA) is 68.2 Å². The Hall–Kier alpha value is -2.20. The molecule has 1 saturated heterocycles. The first-order chi connectivity index (χ1) is 13.7. The van der Waals surface area contributed by atoms with Crippen LogP contribution in [0.4, 0.5) is 14.9 Å². The molecular formula is C19H18ClFN4O2S2. The highest BCUT2D eigenvalue weighted by Crippen LogP contribution is 2.42. The summed E-state index contributed by atoms with van der Waals surface area (Å²) in [6.07, 6.45) is 0.299. The second-order valence-electron chi connectivity index (χ2n) is 6.71. The minimum atomic E-state index is -0.925. The van der Waals surface area contributed by atoms with Crippen molar-refractivity contribution >= 4 is 57.8 Å². The van der Waals surface area contributed by atoms with E-state index in [-0.39, 0.29) is 10.6 Å². The number of thiocarbonyl (C=S) groups is 1. The largest absolute Gasteiger partial charge is 0.347 e. The molecule has 1 atom stereocenters. The smallest absolute Gasteiger partial charge is 0.306 e. The van der Waals surface area contributed by atoms with Crippen LogP contribution in [0.3, 0.4) is 0 Å². The number of hydroxylamine groups is 2. The van der Waals surface area contributed by atoms with Gasteiger partial charge in [-0.3, -0.25) is 5.21 Å². The number of hydrogen-bond donors (Lipinski definition) is 2. The van der Waals surface area contributed by atoms with Crippen LogP contribution in [0.2, 0.25) is 5.02 Å². The van der Waals surface area contributed by atoms with Gasteiger partial charge in [0.25, 0.3) is 0 Å². The van der Waals surface area contributed by atoms with Crippen molar-refractivity contribution in [1.82, 2.24) is 10.1 Å². The molecule has 0 unspecified atom stereocenters. The van der Waals surface area contributed by atoms with E-state index in [2.05, 4.69) is 10.4 Å². The highest BCUT2D eigenvalue weighted by molar-refractivity contribution is 8.24. The molecule has 3 rings (SSSR count). The van der Waals surface area contributed by atoms with Crippen molar-refractivity contribution in [2.75, 3.05) is 5.32 Å². The molecule has 0 saturated carbocycles. The Morgan fingerprint density at radius 2 is 2.03 bits per heavy atom. The molecule has 2 aromatic rings. The fourth-order valence-electron chi connectivity index (χ4n) is 2.79. The fourth-order valence-corrected chi connectivity index (χ4v) is 4.79. The SMILES string of the molecule is CC1(C)SC(=S)N(/N=C\c2c(F)cccc2Cl)[C@@H]1N(O)C(=O)Nc1ccccc1. The van der Waals surface area contributed by atoms with Gasteiger partial charge in [0, 0.05) is 11.3 Å². The molecular weight excluding hydrogens is 435 g/mol. The number of anilines is 1. The lowest BCUT2D eigenvalue weighted by Gasteiger charge is -2.34. The summed E-state index contributed by atoms with van der Waals surface area (Å²) in [5, 5.41) is 19.5. The van der Waals surface area contributed by atoms with E-state index in [4.69, 9.17) is 23.8 Å². The van der Waals surface area contributed by atoms with Crippen LogP contribution in [-0.4, -0.2) is 42.8 Å². The number of nitrogens with zero attached hydrogens (tertiary/aromatic N) is 3. The van der Waals surface area contributed by atoms with Crippen LogP contribution in [0.1, 0.15) is 19.4 Å². The maximum Gasteiger partial charge on any atom is 0.347 e. The Morgan fingerprint density at radius 1 is 1.34 bits per heavy atom. The third kappa shape index (κ3) is 4.69. The van der Waals surface area contributed by atoms with Gasteiger partial charge in [-0.2, -0.15) is 10.2 Å². The molecule has 0 spiro atoms. The summed E-state index contributed by atoms with van der Waals surface area (Å²) in [5.41, 5.74) is 0.611. The molecule has 1 heterocycles. The average Bonchev–Trinajstić information content (AvgIpc) is 2.89. The quantitative estimate of drug-likeness (QED) is 0.290. The zero-order valence-corrected chi connectivity index (χ0v) is 17.9. The summed E-state index contributed by atoms with van der Waals surface area (Å²) in [6.45, 7) is 3.64. The van der Waals surface area contributed by atoms with Crippen LogP contribution in [0, 0.1) is 5.82 Å². The van der Waals surface area contributed by atoms with Gasteiger partial charge < -0.3 is 5.32 Å². The highest BCUT2D eigenvalue weighted by Gasteiger charge is 2.50. The number of benzene rings is 2. The zero-order valence-electron chi connectivity index (χ0n) is 15.5. The summed E-state index contributed by atoms with van der Waals surface area (Å²) >= 11 is 12.7. The summed E-state index contributed by atoms with van der Waals surface area (Å²) in [6, 6.07) is 12.3. The number of urea groups is 1. The summed E-state index contributed by atoms with van der Waals surface area (Å²) in [4.78, 5) is 12.6. The van der Waals surface area contributed by atoms with Crippen molar-refractivity contribution in [2.24, 2.45) is 5.10 Å². The number of para-hydroxylation sites is 1. The van der Waals surface area contributed by atoms with Gasteiger partial charge in [0.15, 0.2) is 10.5 Å². The van der Waals surface area contributed by atoms with E-state index in [9.17, 15) is 14.4 Å². The van der Waals surface area contributed by atoms with Gasteiger partial charge in [-0.15, -0.1) is 0 Å². The summed E-state index contributed by atoms with van der Waals surface area (Å²) in [5.74, 6) is -0.544. The van der Waals surface area contributed by atoms with E-state index in [1.807, 2.05) is 19.9 Å². The molecule has 10 heteroatoms. The van der Waals surface area contributed by atoms with Gasteiger partial charge in [-0.05, 0) is 38.1 Å². The number of amides is 2. The normalized spacial score (nSPS) is 18.3. The first kappa shape index (κ1) is 21.5. The van der Waals surface area contributed by atoms with Crippen LogP contribution in [0.15, 0.2) is 53.6 Å². The molecule has 1 fully saturated rings. The zero-order chi connectivity index (χ0) is 21.2. The second kappa shape index (κ2) is 8.66. The maximum atomic E-state index is 14.0. The highest BCUT2D eigenvalue weighted by atomic mass is 35.5. The third-order valence-corrected chi connectivity index (χ3v) is 6.03. The maximum absolute atomic E-state index is 14.0. The molecule has 0 aromatic heterocycles. The molecule has 29 heavy (non-hydrogen) atoms. The number of hydrazone groups is 1. The molecule has 1 aliphatic heterocycles. The van der Waals surface area contributed by atoms with E-state index in [1.54, 1.807) is 24.3 Å². The van der Waals surface area contributed by atoms with Crippen molar-refractivity contribution < 1.29 is 14.4 Å². The number of halogens is 2. The molecule has 0 radical (unpaired) electrons. The number of nitrogens with one attached hydrogen (secondary N) is 1. The molecule has 2 aromatic carbocycles. The lowest BCUT2D eigenvalue weighted by atomic mass is 10.1. The molecule has 152 valence electrons. The van der Waals surface area contributed by atoms with Crippen LogP contribution in [0.5, 0.6) is 0 Å². The van der Waals surface area contributed by atoms with Gasteiger partial charge in [-0.1, -0.05) is 59.8 Å². The number of carbonyl (C=O) groups is 1. The van der Waals surface area contributed by atoms with Gasteiger partial charge in [-0.25, -0.2) is 14.2 Å². The van der Waals surface area contributed by atoms with Crippen LogP contribution in [0.25, 0.3) is 0 Å². The molecule has 2 N–H and O–H groups in total. The molecule has 1 aliphatic rings. The Morgan fingerprint density at radius 3 is 2.69 bits per heavy atom. The first-order valence-electron chi connectivity index (χ1n) is 8.55. The lowest BCUT2D eigenvalue weighted by Crippen LogP contribution is -2.54. The minimum Gasteiger partial charge on any atom is -0.306 e. The van der Waals surface area contributed by atoms with E-state index in [0.717, 1.165) is 0 Å². The molecule has 0 aliphatic carbocycles.